The third-order valence-corrected chi connectivity index (χ3v) is 6.30. The van der Waals surface area contributed by atoms with Crippen LogP contribution in [0.2, 0.25) is 5.28 Å². The summed E-state index contributed by atoms with van der Waals surface area (Å²) < 4.78 is 48.8. The van der Waals surface area contributed by atoms with E-state index in [1.54, 1.807) is 6.92 Å². The summed E-state index contributed by atoms with van der Waals surface area (Å²) in [7, 11) is -4.30. The summed E-state index contributed by atoms with van der Waals surface area (Å²) in [5, 5.41) is -0.0190. The minimum Gasteiger partial charge on any atom is -0.465 e. The second kappa shape index (κ2) is 7.22. The molecule has 1 aliphatic rings. The number of hydrogen-bond acceptors (Lipinski definition) is 6. The molecule has 138 valence electrons. The van der Waals surface area contributed by atoms with Crippen molar-refractivity contribution in [2.24, 2.45) is 0 Å². The van der Waals surface area contributed by atoms with Crippen molar-refractivity contribution in [2.75, 3.05) is 6.61 Å². The van der Waals surface area contributed by atoms with Gasteiger partial charge in [0.15, 0.2) is 0 Å². The van der Waals surface area contributed by atoms with Crippen LogP contribution in [0.15, 0.2) is 33.8 Å². The van der Waals surface area contributed by atoms with Crippen LogP contribution >= 0.6 is 27.5 Å². The second-order valence-electron chi connectivity index (χ2n) is 5.39. The van der Waals surface area contributed by atoms with Gasteiger partial charge in [0.2, 0.25) is 15.3 Å². The number of ether oxygens (including phenoxy) is 1. The zero-order chi connectivity index (χ0) is 20.9. The van der Waals surface area contributed by atoms with Crippen LogP contribution < -0.4 is 0 Å². The highest BCUT2D eigenvalue weighted by atomic mass is 79.9. The van der Waals surface area contributed by atoms with Gasteiger partial charge in [0.25, 0.3) is 0 Å². The van der Waals surface area contributed by atoms with Crippen molar-refractivity contribution < 1.29 is 20.7 Å². The monoisotopic (exact) mass is 461 g/mol. The van der Waals surface area contributed by atoms with Crippen molar-refractivity contribution in [3.8, 4) is 11.3 Å². The lowest BCUT2D eigenvalue weighted by Crippen LogP contribution is -2.40. The van der Waals surface area contributed by atoms with E-state index < -0.39 is 28.5 Å². The van der Waals surface area contributed by atoms with Gasteiger partial charge in [0, 0.05) is 21.0 Å². The van der Waals surface area contributed by atoms with Crippen molar-refractivity contribution in [1.82, 2.24) is 14.3 Å². The van der Waals surface area contributed by atoms with Gasteiger partial charge in [-0.2, -0.15) is 4.31 Å². The number of carbonyl (C=O) groups is 1. The molecule has 0 unspecified atom stereocenters. The molecule has 1 atom stereocenters. The predicted molar refractivity (Wildman–Crippen MR) is 99.0 cm³/mol. The summed E-state index contributed by atoms with van der Waals surface area (Å²) in [5.74, 6) is -0.826. The normalized spacial score (nSPS) is 20.0. The summed E-state index contributed by atoms with van der Waals surface area (Å²) in [6, 6.07) is 2.87. The minimum absolute atomic E-state index is 0.0190. The first-order valence-corrected chi connectivity index (χ1v) is 10.2. The highest BCUT2D eigenvalue weighted by molar-refractivity contribution is 9.10. The number of nitrogens with zero attached hydrogens (tertiary/aromatic N) is 3. The second-order valence-corrected chi connectivity index (χ2v) is 8.36. The Kier molecular flexibility index (Phi) is 4.61. The van der Waals surface area contributed by atoms with Gasteiger partial charge in [-0.25, -0.2) is 18.4 Å². The number of halogens is 2. The Morgan fingerprint density at radius 3 is 2.96 bits per heavy atom. The van der Waals surface area contributed by atoms with E-state index in [-0.39, 0.29) is 22.3 Å². The van der Waals surface area contributed by atoms with Crippen molar-refractivity contribution in [1.29, 1.82) is 0 Å². The molecule has 0 amide bonds. The fraction of sp³-hybridized carbons (Fsp3) is 0.312. The molecule has 3 rings (SSSR count). The van der Waals surface area contributed by atoms with Gasteiger partial charge in [-0.05, 0) is 53.0 Å². The molecule has 1 aliphatic heterocycles. The summed E-state index contributed by atoms with van der Waals surface area (Å²) >= 11 is 9.13. The van der Waals surface area contributed by atoms with Crippen LogP contribution in [0.1, 0.15) is 22.2 Å². The van der Waals surface area contributed by atoms with E-state index in [2.05, 4.69) is 25.9 Å². The molecule has 0 bridgehead atoms. The van der Waals surface area contributed by atoms with Crippen LogP contribution in [-0.4, -0.2) is 41.3 Å². The van der Waals surface area contributed by atoms with Crippen LogP contribution in [0.4, 0.5) is 0 Å². The van der Waals surface area contributed by atoms with E-state index in [9.17, 15) is 13.2 Å². The van der Waals surface area contributed by atoms with Crippen LogP contribution in [0.5, 0.6) is 0 Å². The average Bonchev–Trinajstić information content (AvgIpc) is 2.78. The number of benzene rings is 1. The van der Waals surface area contributed by atoms with Crippen molar-refractivity contribution in [3.05, 3.63) is 39.7 Å². The lowest BCUT2D eigenvalue weighted by molar-refractivity contribution is -0.147. The summed E-state index contributed by atoms with van der Waals surface area (Å²) in [4.78, 5) is 19.8. The van der Waals surface area contributed by atoms with E-state index in [0.717, 1.165) is 0 Å². The van der Waals surface area contributed by atoms with E-state index in [0.29, 0.717) is 20.0 Å². The Bertz CT molecular complexity index is 1070. The highest BCUT2D eigenvalue weighted by Gasteiger charge is 2.41. The van der Waals surface area contributed by atoms with Gasteiger partial charge in [0.05, 0.1) is 21.7 Å². The quantitative estimate of drug-likeness (QED) is 0.512. The van der Waals surface area contributed by atoms with Crippen molar-refractivity contribution in [2.45, 2.75) is 31.3 Å². The molecule has 1 aromatic carbocycles. The number of fused-ring (bicyclic) bond motifs is 1. The standard InChI is InChI=1S/C16H15BrClN3O4S/c1-3-25-15(22)9(2)21-8-11-5-4-10(6-13(11)26(21,23)24)14-12(17)7-19-16(18)20-14/h4-7,9H,3,8H2,1-2H3/t9-/m1/s1/i8D2. The van der Waals surface area contributed by atoms with Crippen LogP contribution in [0.25, 0.3) is 11.3 Å². The predicted octanol–water partition coefficient (Wildman–Crippen LogP) is 3.02. The number of rotatable bonds is 4. The van der Waals surface area contributed by atoms with Crippen molar-refractivity contribution >= 4 is 43.5 Å². The van der Waals surface area contributed by atoms with Crippen LogP contribution in [0, 0.1) is 0 Å². The lowest BCUT2D eigenvalue weighted by atomic mass is 10.1. The molecular formula is C16H15BrClN3O4S. The molecule has 0 radical (unpaired) electrons. The van der Waals surface area contributed by atoms with Gasteiger partial charge in [-0.1, -0.05) is 12.1 Å². The molecule has 0 saturated heterocycles. The average molecular weight is 463 g/mol. The third kappa shape index (κ3) is 3.36. The first kappa shape index (κ1) is 16.6. The van der Waals surface area contributed by atoms with Crippen LogP contribution in [0.3, 0.4) is 0 Å². The number of esters is 1. The first-order chi connectivity index (χ1) is 13.0. The molecule has 0 spiro atoms. The number of hydrogen-bond donors (Lipinski definition) is 0. The summed E-state index contributed by atoms with van der Waals surface area (Å²) in [5.41, 5.74) is 0.694. The molecule has 26 heavy (non-hydrogen) atoms. The number of aromatic nitrogens is 2. The maximum atomic E-state index is 13.1. The largest absolute Gasteiger partial charge is 0.465 e. The molecular weight excluding hydrogens is 446 g/mol. The third-order valence-electron chi connectivity index (χ3n) is 3.72. The first-order valence-electron chi connectivity index (χ1n) is 8.56. The summed E-state index contributed by atoms with van der Waals surface area (Å²) in [6.07, 6.45) is 1.43. The van der Waals surface area contributed by atoms with E-state index in [1.165, 1.54) is 31.3 Å². The van der Waals surface area contributed by atoms with Gasteiger partial charge in [-0.15, -0.1) is 0 Å². The maximum absolute atomic E-state index is 13.1. The summed E-state index contributed by atoms with van der Waals surface area (Å²) in [6.45, 7) is 0.517. The van der Waals surface area contributed by atoms with Crippen molar-refractivity contribution in [3.63, 3.8) is 0 Å². The Labute approximate surface area is 167 Å². The molecule has 0 N–H and O–H groups in total. The topological polar surface area (TPSA) is 89.5 Å². The van der Waals surface area contributed by atoms with Gasteiger partial charge >= 0.3 is 5.97 Å². The molecule has 0 fully saturated rings. The van der Waals surface area contributed by atoms with Gasteiger partial charge in [-0.3, -0.25) is 4.79 Å². The fourth-order valence-corrected chi connectivity index (χ4v) is 4.63. The molecule has 2 aromatic rings. The molecule has 7 nitrogen and oxygen atoms in total. The van der Waals surface area contributed by atoms with Crippen LogP contribution in [-0.2, 0) is 26.1 Å². The Morgan fingerprint density at radius 1 is 1.54 bits per heavy atom. The zero-order valence-corrected chi connectivity index (χ0v) is 16.9. The minimum atomic E-state index is -4.30. The SMILES string of the molecule is [2H]C1([2H])c2ccc(-c3nc(Cl)ncc3Br)cc2S(=O)(=O)N1[C@H](C)C(=O)OCC. The number of carbonyl (C=O) groups excluding carboxylic acids is 1. The molecule has 10 heteroatoms. The lowest BCUT2D eigenvalue weighted by Gasteiger charge is -2.20. The highest BCUT2D eigenvalue weighted by Crippen LogP contribution is 2.36. The maximum Gasteiger partial charge on any atom is 0.324 e. The Balaban J connectivity index is 2.15. The van der Waals surface area contributed by atoms with Gasteiger partial charge in [0.1, 0.15) is 6.04 Å². The van der Waals surface area contributed by atoms with E-state index >= 15 is 0 Å². The smallest absolute Gasteiger partial charge is 0.324 e. The Morgan fingerprint density at radius 2 is 2.27 bits per heavy atom. The molecule has 1 aromatic heterocycles. The Hall–Kier alpha value is -1.55. The molecule has 0 saturated carbocycles. The van der Waals surface area contributed by atoms with E-state index in [1.807, 2.05) is 0 Å². The zero-order valence-electron chi connectivity index (χ0n) is 15.7. The molecule has 0 aliphatic carbocycles. The fourth-order valence-electron chi connectivity index (χ4n) is 2.47. The van der Waals surface area contributed by atoms with Gasteiger partial charge < -0.3 is 4.74 Å². The van der Waals surface area contributed by atoms with E-state index in [4.69, 9.17) is 19.1 Å². The molecule has 2 heterocycles. The number of sulfonamides is 1.